The molecule has 0 aliphatic rings. The standard InChI is InChI=1S/C25H30N2O3S/c1-4-19(2)15-27(25(29)23-11-8-14-30-23)18-24(28)26(16-21-9-6-5-7-10-21)17-22-13-12-20(3)31-22/h5-14,19H,4,15-18H2,1-3H3. The summed E-state index contributed by atoms with van der Waals surface area (Å²) in [6, 6.07) is 17.4. The summed E-state index contributed by atoms with van der Waals surface area (Å²) in [6.45, 7) is 7.81. The van der Waals surface area contributed by atoms with Crippen molar-refractivity contribution in [3.63, 3.8) is 0 Å². The van der Waals surface area contributed by atoms with Gasteiger partial charge in [-0.2, -0.15) is 0 Å². The third-order valence-corrected chi connectivity index (χ3v) is 6.27. The second-order valence-electron chi connectivity index (χ2n) is 7.92. The number of rotatable bonds is 10. The molecule has 6 heteroatoms. The van der Waals surface area contributed by atoms with Crippen molar-refractivity contribution in [3.05, 3.63) is 81.9 Å². The van der Waals surface area contributed by atoms with Gasteiger partial charge in [-0.05, 0) is 42.7 Å². The summed E-state index contributed by atoms with van der Waals surface area (Å²) in [5.74, 6) is 0.234. The lowest BCUT2D eigenvalue weighted by Crippen LogP contribution is -2.44. The number of hydrogen-bond donors (Lipinski definition) is 0. The summed E-state index contributed by atoms with van der Waals surface area (Å²) < 4.78 is 5.31. The van der Waals surface area contributed by atoms with E-state index in [1.165, 1.54) is 11.1 Å². The lowest BCUT2D eigenvalue weighted by atomic mass is 10.1. The third-order valence-electron chi connectivity index (χ3n) is 5.29. The molecule has 0 saturated carbocycles. The number of thiophene rings is 1. The minimum absolute atomic E-state index is 0.0288. The predicted molar refractivity (Wildman–Crippen MR) is 124 cm³/mol. The van der Waals surface area contributed by atoms with Gasteiger partial charge in [-0.3, -0.25) is 9.59 Å². The first kappa shape index (κ1) is 22.8. The predicted octanol–water partition coefficient (Wildman–Crippen LogP) is 5.37. The Bertz CT molecular complexity index is 966. The molecule has 0 fully saturated rings. The van der Waals surface area contributed by atoms with Gasteiger partial charge in [-0.1, -0.05) is 50.6 Å². The Morgan fingerprint density at radius 2 is 1.77 bits per heavy atom. The highest BCUT2D eigenvalue weighted by Crippen LogP contribution is 2.19. The van der Waals surface area contributed by atoms with Crippen molar-refractivity contribution >= 4 is 23.2 Å². The molecule has 2 aromatic heterocycles. The number of carbonyl (C=O) groups excluding carboxylic acids is 2. The summed E-state index contributed by atoms with van der Waals surface area (Å²) in [6.07, 6.45) is 2.41. The lowest BCUT2D eigenvalue weighted by Gasteiger charge is -2.28. The van der Waals surface area contributed by atoms with Crippen LogP contribution in [0.25, 0.3) is 0 Å². The molecule has 3 aromatic rings. The van der Waals surface area contributed by atoms with Gasteiger partial charge in [0.2, 0.25) is 5.91 Å². The minimum Gasteiger partial charge on any atom is -0.459 e. The van der Waals surface area contributed by atoms with Gasteiger partial charge in [-0.25, -0.2) is 0 Å². The van der Waals surface area contributed by atoms with E-state index in [1.807, 2.05) is 35.2 Å². The van der Waals surface area contributed by atoms with Crippen molar-refractivity contribution in [2.75, 3.05) is 13.1 Å². The average molecular weight is 439 g/mol. The van der Waals surface area contributed by atoms with Gasteiger partial charge < -0.3 is 14.2 Å². The van der Waals surface area contributed by atoms with Crippen LogP contribution in [0.1, 0.15) is 46.1 Å². The molecule has 2 heterocycles. The van der Waals surface area contributed by atoms with Gasteiger partial charge in [0.1, 0.15) is 6.54 Å². The summed E-state index contributed by atoms with van der Waals surface area (Å²) in [7, 11) is 0. The van der Waals surface area contributed by atoms with Crippen molar-refractivity contribution in [1.82, 2.24) is 9.80 Å². The molecule has 31 heavy (non-hydrogen) atoms. The van der Waals surface area contributed by atoms with Crippen LogP contribution in [0, 0.1) is 12.8 Å². The van der Waals surface area contributed by atoms with Gasteiger partial charge >= 0.3 is 0 Å². The van der Waals surface area contributed by atoms with E-state index in [0.717, 1.165) is 16.9 Å². The first-order valence-electron chi connectivity index (χ1n) is 10.7. The number of aryl methyl sites for hydroxylation is 1. The van der Waals surface area contributed by atoms with E-state index in [9.17, 15) is 9.59 Å². The Balaban J connectivity index is 1.80. The zero-order valence-electron chi connectivity index (χ0n) is 18.4. The Labute approximate surface area is 188 Å². The maximum atomic E-state index is 13.4. The summed E-state index contributed by atoms with van der Waals surface area (Å²) in [4.78, 5) is 32.2. The van der Waals surface area contributed by atoms with Gasteiger partial charge in [0.05, 0.1) is 12.8 Å². The molecule has 0 saturated heterocycles. The van der Waals surface area contributed by atoms with Crippen LogP contribution < -0.4 is 0 Å². The van der Waals surface area contributed by atoms with E-state index in [4.69, 9.17) is 4.42 Å². The first-order valence-corrected chi connectivity index (χ1v) is 11.5. The van der Waals surface area contributed by atoms with Crippen LogP contribution in [0.2, 0.25) is 0 Å². The number of furan rings is 1. The van der Waals surface area contributed by atoms with Gasteiger partial charge in [0.15, 0.2) is 5.76 Å². The highest BCUT2D eigenvalue weighted by molar-refractivity contribution is 7.11. The molecule has 0 spiro atoms. The summed E-state index contributed by atoms with van der Waals surface area (Å²) in [5.41, 5.74) is 1.06. The second-order valence-corrected chi connectivity index (χ2v) is 9.30. The molecule has 5 nitrogen and oxygen atoms in total. The van der Waals surface area contributed by atoms with E-state index < -0.39 is 0 Å². The molecule has 164 valence electrons. The fourth-order valence-corrected chi connectivity index (χ4v) is 4.24. The molecule has 0 radical (unpaired) electrons. The van der Waals surface area contributed by atoms with E-state index in [-0.39, 0.29) is 30.0 Å². The van der Waals surface area contributed by atoms with Crippen molar-refractivity contribution < 1.29 is 14.0 Å². The van der Waals surface area contributed by atoms with Crippen molar-refractivity contribution in [2.24, 2.45) is 5.92 Å². The fourth-order valence-electron chi connectivity index (χ4n) is 3.34. The molecule has 3 rings (SSSR count). The van der Waals surface area contributed by atoms with Crippen LogP contribution in [0.3, 0.4) is 0 Å². The Morgan fingerprint density at radius 1 is 1.00 bits per heavy atom. The quantitative estimate of drug-likeness (QED) is 0.428. The van der Waals surface area contributed by atoms with Crippen LogP contribution >= 0.6 is 11.3 Å². The Hall–Kier alpha value is -2.86. The van der Waals surface area contributed by atoms with Crippen LogP contribution in [-0.2, 0) is 17.9 Å². The molecule has 2 amide bonds. The van der Waals surface area contributed by atoms with E-state index in [1.54, 1.807) is 28.4 Å². The number of hydrogen-bond acceptors (Lipinski definition) is 4. The summed E-state index contributed by atoms with van der Waals surface area (Å²) >= 11 is 1.69. The van der Waals surface area contributed by atoms with Crippen molar-refractivity contribution in [3.8, 4) is 0 Å². The summed E-state index contributed by atoms with van der Waals surface area (Å²) in [5, 5.41) is 0. The molecule has 1 unspecified atom stereocenters. The van der Waals surface area contributed by atoms with Gasteiger partial charge in [-0.15, -0.1) is 11.3 Å². The average Bonchev–Trinajstić information content (AvgIpc) is 3.45. The van der Waals surface area contributed by atoms with E-state index in [0.29, 0.717) is 19.6 Å². The molecular weight excluding hydrogens is 408 g/mol. The highest BCUT2D eigenvalue weighted by atomic mass is 32.1. The van der Waals surface area contributed by atoms with Crippen LogP contribution in [0.15, 0.2) is 65.3 Å². The third kappa shape index (κ3) is 6.56. The number of carbonyl (C=O) groups is 2. The van der Waals surface area contributed by atoms with Gasteiger partial charge in [0.25, 0.3) is 5.91 Å². The van der Waals surface area contributed by atoms with Crippen LogP contribution in [0.5, 0.6) is 0 Å². The maximum Gasteiger partial charge on any atom is 0.290 e. The topological polar surface area (TPSA) is 53.8 Å². The zero-order chi connectivity index (χ0) is 22.2. The van der Waals surface area contributed by atoms with E-state index in [2.05, 4.69) is 32.9 Å². The number of benzene rings is 1. The van der Waals surface area contributed by atoms with Crippen molar-refractivity contribution in [2.45, 2.75) is 40.3 Å². The Morgan fingerprint density at radius 3 is 2.39 bits per heavy atom. The number of nitrogens with zero attached hydrogens (tertiary/aromatic N) is 2. The molecular formula is C25H30N2O3S. The van der Waals surface area contributed by atoms with E-state index >= 15 is 0 Å². The number of amides is 2. The van der Waals surface area contributed by atoms with Crippen molar-refractivity contribution in [1.29, 1.82) is 0 Å². The second kappa shape index (κ2) is 11.0. The molecule has 0 bridgehead atoms. The molecule has 0 N–H and O–H groups in total. The zero-order valence-corrected chi connectivity index (χ0v) is 19.2. The molecule has 0 aliphatic heterocycles. The monoisotopic (exact) mass is 438 g/mol. The molecule has 1 atom stereocenters. The largest absolute Gasteiger partial charge is 0.459 e. The smallest absolute Gasteiger partial charge is 0.290 e. The van der Waals surface area contributed by atoms with Crippen LogP contribution in [-0.4, -0.2) is 34.7 Å². The van der Waals surface area contributed by atoms with Crippen LogP contribution in [0.4, 0.5) is 0 Å². The van der Waals surface area contributed by atoms with Gasteiger partial charge in [0, 0.05) is 22.8 Å². The maximum absolute atomic E-state index is 13.4. The fraction of sp³-hybridized carbons (Fsp3) is 0.360. The molecule has 1 aromatic carbocycles. The minimum atomic E-state index is -0.245. The SMILES string of the molecule is CCC(C)CN(CC(=O)N(Cc1ccccc1)Cc1ccc(C)s1)C(=O)c1ccco1. The highest BCUT2D eigenvalue weighted by Gasteiger charge is 2.25. The molecule has 0 aliphatic carbocycles. The normalized spacial score (nSPS) is 11.8. The lowest BCUT2D eigenvalue weighted by molar-refractivity contribution is -0.133. The first-order chi connectivity index (χ1) is 15.0. The Kier molecular flexibility index (Phi) is 8.06.